The minimum absolute atomic E-state index is 0.313. The molecule has 1 aromatic rings. The van der Waals surface area contributed by atoms with Gasteiger partial charge in [-0.1, -0.05) is 20.3 Å². The zero-order valence-corrected chi connectivity index (χ0v) is 12.8. The molecule has 0 spiro atoms. The molecule has 0 atom stereocenters. The fraction of sp³-hybridized carbons (Fsp3) is 0.667. The molecule has 4 nitrogen and oxygen atoms in total. The zero-order valence-electron chi connectivity index (χ0n) is 11.2. The molecule has 0 aliphatic heterocycles. The highest BCUT2D eigenvalue weighted by atomic mass is 35.5. The molecule has 104 valence electrons. The maximum atomic E-state index is 12.4. The van der Waals surface area contributed by atoms with Gasteiger partial charge >= 0.3 is 0 Å². The van der Waals surface area contributed by atoms with Crippen molar-refractivity contribution in [3.8, 4) is 0 Å². The third kappa shape index (κ3) is 3.28. The summed E-state index contributed by atoms with van der Waals surface area (Å²) in [7, 11) is -1.58. The van der Waals surface area contributed by atoms with E-state index in [1.54, 1.807) is 23.9 Å². The molecule has 0 radical (unpaired) electrons. The number of nitrogens with zero attached hydrogens (tertiary/aromatic N) is 2. The van der Waals surface area contributed by atoms with Gasteiger partial charge in [-0.05, 0) is 12.5 Å². The molecular formula is C12H21ClN2O2S. The van der Waals surface area contributed by atoms with Crippen LogP contribution in [0.25, 0.3) is 0 Å². The number of hydrogen-bond donors (Lipinski definition) is 0. The predicted molar refractivity (Wildman–Crippen MR) is 74.3 cm³/mol. The summed E-state index contributed by atoms with van der Waals surface area (Å²) in [4.78, 5) is 0.332. The number of alkyl halides is 1. The largest absolute Gasteiger partial charge is 0.352 e. The van der Waals surface area contributed by atoms with Crippen molar-refractivity contribution >= 4 is 21.6 Å². The van der Waals surface area contributed by atoms with Crippen molar-refractivity contribution in [3.63, 3.8) is 0 Å². The molecule has 0 fully saturated rings. The number of sulfonamides is 1. The van der Waals surface area contributed by atoms with Crippen LogP contribution in [0, 0.1) is 0 Å². The summed E-state index contributed by atoms with van der Waals surface area (Å²) in [5.74, 6) is 0.313. The first kappa shape index (κ1) is 15.5. The lowest BCUT2D eigenvalue weighted by Gasteiger charge is -2.19. The summed E-state index contributed by atoms with van der Waals surface area (Å²) < 4.78 is 28.1. The van der Waals surface area contributed by atoms with E-state index in [9.17, 15) is 8.42 Å². The molecule has 18 heavy (non-hydrogen) atoms. The highest BCUT2D eigenvalue weighted by Crippen LogP contribution is 2.19. The van der Waals surface area contributed by atoms with Gasteiger partial charge in [0.05, 0.1) is 5.88 Å². The molecule has 1 aromatic heterocycles. The van der Waals surface area contributed by atoms with E-state index in [0.717, 1.165) is 18.5 Å². The molecule has 0 N–H and O–H groups in total. The number of rotatable bonds is 7. The summed E-state index contributed by atoms with van der Waals surface area (Å²) in [6, 6.07) is 1.65. The van der Waals surface area contributed by atoms with E-state index in [4.69, 9.17) is 11.6 Å². The molecule has 0 saturated carbocycles. The lowest BCUT2D eigenvalue weighted by molar-refractivity contribution is 0.419. The predicted octanol–water partition coefficient (Wildman–Crippen LogP) is 2.57. The molecular weight excluding hydrogens is 272 g/mol. The molecule has 0 bridgehead atoms. The molecule has 0 aliphatic carbocycles. The second-order valence-electron chi connectivity index (χ2n) is 4.26. The monoisotopic (exact) mass is 292 g/mol. The fourth-order valence-electron chi connectivity index (χ4n) is 1.78. The standard InChI is InChI=1S/C12H21ClN2O2S/c1-4-6-7-15(5-2)18(16,17)12-8-11(9-13)14(3)10-12/h8,10H,4-7,9H2,1-3H3. The van der Waals surface area contributed by atoms with Crippen molar-refractivity contribution in [1.82, 2.24) is 8.87 Å². The van der Waals surface area contributed by atoms with E-state index in [1.165, 1.54) is 4.31 Å². The van der Waals surface area contributed by atoms with Crippen LogP contribution in [-0.2, 0) is 23.0 Å². The van der Waals surface area contributed by atoms with Gasteiger partial charge in [0.25, 0.3) is 0 Å². The Kier molecular flexibility index (Phi) is 5.69. The highest BCUT2D eigenvalue weighted by molar-refractivity contribution is 7.89. The van der Waals surface area contributed by atoms with Crippen molar-refractivity contribution in [1.29, 1.82) is 0 Å². The van der Waals surface area contributed by atoms with Gasteiger partial charge in [-0.15, -0.1) is 11.6 Å². The van der Waals surface area contributed by atoms with Gasteiger partial charge in [-0.25, -0.2) is 8.42 Å². The van der Waals surface area contributed by atoms with Crippen LogP contribution in [0.1, 0.15) is 32.4 Å². The van der Waals surface area contributed by atoms with Gasteiger partial charge in [-0.3, -0.25) is 0 Å². The van der Waals surface area contributed by atoms with Crippen LogP contribution in [0.5, 0.6) is 0 Å². The first-order valence-electron chi connectivity index (χ1n) is 6.18. The van der Waals surface area contributed by atoms with Crippen LogP contribution in [0.3, 0.4) is 0 Å². The molecule has 6 heteroatoms. The average Bonchev–Trinajstić information content (AvgIpc) is 2.72. The molecule has 0 amide bonds. The van der Waals surface area contributed by atoms with Crippen LogP contribution in [0.15, 0.2) is 17.2 Å². The minimum atomic E-state index is -3.38. The van der Waals surface area contributed by atoms with Crippen LogP contribution >= 0.6 is 11.6 Å². The quantitative estimate of drug-likeness (QED) is 0.725. The lowest BCUT2D eigenvalue weighted by atomic mass is 10.3. The summed E-state index contributed by atoms with van der Waals surface area (Å²) in [6.07, 6.45) is 3.48. The Balaban J connectivity index is 3.02. The molecule has 0 aliphatic rings. The number of aryl methyl sites for hydroxylation is 1. The highest BCUT2D eigenvalue weighted by Gasteiger charge is 2.24. The van der Waals surface area contributed by atoms with E-state index < -0.39 is 10.0 Å². The topological polar surface area (TPSA) is 42.3 Å². The Hall–Kier alpha value is -0.520. The number of hydrogen-bond acceptors (Lipinski definition) is 2. The molecule has 0 unspecified atom stereocenters. The number of aromatic nitrogens is 1. The van der Waals surface area contributed by atoms with E-state index in [1.807, 2.05) is 6.92 Å². The Labute approximate surface area is 115 Å². The number of halogens is 1. The Morgan fingerprint density at radius 2 is 2.06 bits per heavy atom. The van der Waals surface area contributed by atoms with Gasteiger partial charge in [0.1, 0.15) is 4.90 Å². The maximum Gasteiger partial charge on any atom is 0.244 e. The van der Waals surface area contributed by atoms with Crippen molar-refractivity contribution in [2.24, 2.45) is 7.05 Å². The smallest absolute Gasteiger partial charge is 0.244 e. The van der Waals surface area contributed by atoms with Crippen LogP contribution in [0.2, 0.25) is 0 Å². The summed E-state index contributed by atoms with van der Waals surface area (Å²) in [5, 5.41) is 0. The van der Waals surface area contributed by atoms with Gasteiger partial charge < -0.3 is 4.57 Å². The number of unbranched alkanes of at least 4 members (excludes halogenated alkanes) is 1. The van der Waals surface area contributed by atoms with Gasteiger partial charge in [0, 0.05) is 32.0 Å². The molecule has 0 aromatic carbocycles. The van der Waals surface area contributed by atoms with Crippen LogP contribution in [-0.4, -0.2) is 30.4 Å². The van der Waals surface area contributed by atoms with Crippen molar-refractivity contribution in [3.05, 3.63) is 18.0 Å². The average molecular weight is 293 g/mol. The van der Waals surface area contributed by atoms with E-state index >= 15 is 0 Å². The fourth-order valence-corrected chi connectivity index (χ4v) is 3.63. The summed E-state index contributed by atoms with van der Waals surface area (Å²) >= 11 is 5.76. The minimum Gasteiger partial charge on any atom is -0.352 e. The maximum absolute atomic E-state index is 12.4. The normalized spacial score (nSPS) is 12.3. The first-order chi connectivity index (χ1) is 8.47. The van der Waals surface area contributed by atoms with Gasteiger partial charge in [-0.2, -0.15) is 4.31 Å². The summed E-state index contributed by atoms with van der Waals surface area (Å²) in [5.41, 5.74) is 0.807. The van der Waals surface area contributed by atoms with E-state index in [0.29, 0.717) is 23.9 Å². The van der Waals surface area contributed by atoms with Crippen LogP contribution in [0.4, 0.5) is 0 Å². The van der Waals surface area contributed by atoms with E-state index in [-0.39, 0.29) is 0 Å². The second kappa shape index (κ2) is 6.59. The Morgan fingerprint density at radius 1 is 1.39 bits per heavy atom. The first-order valence-corrected chi connectivity index (χ1v) is 8.16. The second-order valence-corrected chi connectivity index (χ2v) is 6.47. The molecule has 1 rings (SSSR count). The third-order valence-corrected chi connectivity index (χ3v) is 5.18. The zero-order chi connectivity index (χ0) is 13.8. The van der Waals surface area contributed by atoms with Gasteiger partial charge in [0.2, 0.25) is 10.0 Å². The van der Waals surface area contributed by atoms with E-state index in [2.05, 4.69) is 6.92 Å². The Bertz CT molecular complexity index is 482. The van der Waals surface area contributed by atoms with Crippen molar-refractivity contribution in [2.45, 2.75) is 37.5 Å². The van der Waals surface area contributed by atoms with Crippen molar-refractivity contribution < 1.29 is 8.42 Å². The van der Waals surface area contributed by atoms with Crippen molar-refractivity contribution in [2.75, 3.05) is 13.1 Å². The van der Waals surface area contributed by atoms with Crippen LogP contribution < -0.4 is 0 Å². The molecule has 1 heterocycles. The molecule has 0 saturated heterocycles. The third-order valence-electron chi connectivity index (χ3n) is 2.97. The lowest BCUT2D eigenvalue weighted by Crippen LogP contribution is -2.31. The SMILES string of the molecule is CCCCN(CC)S(=O)(=O)c1cc(CCl)n(C)c1. The summed E-state index contributed by atoms with van der Waals surface area (Å²) in [6.45, 7) is 4.97. The van der Waals surface area contributed by atoms with Gasteiger partial charge in [0.15, 0.2) is 0 Å². The Morgan fingerprint density at radius 3 is 2.50 bits per heavy atom.